The van der Waals surface area contributed by atoms with Crippen molar-refractivity contribution < 1.29 is 24.6 Å². The van der Waals surface area contributed by atoms with Gasteiger partial charge in [0, 0.05) is 12.0 Å². The minimum atomic E-state index is -1.23. The van der Waals surface area contributed by atoms with Gasteiger partial charge in [0.1, 0.15) is 12.2 Å². The number of carbonyl (C=O) groups is 1. The van der Waals surface area contributed by atoms with E-state index in [9.17, 15) is 20.1 Å². The molecule has 1 amide bonds. The highest BCUT2D eigenvalue weighted by Crippen LogP contribution is 2.26. The van der Waals surface area contributed by atoms with Crippen LogP contribution >= 0.6 is 0 Å². The normalized spacial score (nSPS) is 20.7. The lowest BCUT2D eigenvalue weighted by Crippen LogP contribution is -2.59. The monoisotopic (exact) mass is 680 g/mol. The number of aliphatic hydroxyl groups is 3. The zero-order chi connectivity index (χ0) is 35.5. The molecule has 4 N–H and O–H groups in total. The van der Waals surface area contributed by atoms with Gasteiger partial charge in [-0.3, -0.25) is 4.79 Å². The average Bonchev–Trinajstić information content (AvgIpc) is 3.07. The maximum Gasteiger partial charge on any atom is 0.247 e. The summed E-state index contributed by atoms with van der Waals surface area (Å²) in [7, 11) is 2.40. The summed E-state index contributed by atoms with van der Waals surface area (Å²) in [6, 6.07) is 1.04. The van der Waals surface area contributed by atoms with Crippen molar-refractivity contribution in [1.29, 1.82) is 0 Å². The van der Waals surface area contributed by atoms with Gasteiger partial charge in [-0.1, -0.05) is 155 Å². The highest BCUT2D eigenvalue weighted by Gasteiger charge is 2.35. The number of amides is 1. The van der Waals surface area contributed by atoms with Crippen LogP contribution in [0.3, 0.4) is 0 Å². The molecule has 284 valence electrons. The number of hydrogen-bond donors (Lipinski definition) is 4. The average molecular weight is 680 g/mol. The SMILES string of the molecule is CCCCCCCCCCCCCCC(C)[N+](C)(CCNC(=O)C1=C[C@@H](O)[C@@H](O)[C@H](O)C1)C(C)CCCCCCCCCCCCCC. The van der Waals surface area contributed by atoms with Crippen LogP contribution in [-0.4, -0.2) is 76.2 Å². The van der Waals surface area contributed by atoms with Crippen LogP contribution in [0.25, 0.3) is 0 Å². The number of rotatable bonds is 32. The molecule has 0 aromatic carbocycles. The first-order chi connectivity index (χ1) is 23.2. The molecule has 0 aliphatic heterocycles. The van der Waals surface area contributed by atoms with Gasteiger partial charge < -0.3 is 25.1 Å². The standard InChI is InChI=1S/C42H82N2O4/c1-6-8-10-12-14-16-18-20-22-24-26-28-30-36(3)44(5,33-32-43-42(48)38-34-39(45)41(47)40(46)35-38)37(4)31-29-27-25-23-21-19-17-15-13-11-9-7-2/h34,36-37,39-41,45-47H,6-33,35H2,1-5H3/p+1/t36?,37?,39-,40-,41-,44?/m1/s1. The lowest BCUT2D eigenvalue weighted by molar-refractivity contribution is -0.952. The highest BCUT2D eigenvalue weighted by atomic mass is 16.4. The van der Waals surface area contributed by atoms with Crippen molar-refractivity contribution in [2.45, 2.75) is 231 Å². The molecule has 0 fully saturated rings. The van der Waals surface area contributed by atoms with Gasteiger partial charge in [0.15, 0.2) is 0 Å². The molecule has 6 nitrogen and oxygen atoms in total. The molecule has 1 aliphatic carbocycles. The van der Waals surface area contributed by atoms with Crippen molar-refractivity contribution in [3.8, 4) is 0 Å². The zero-order valence-corrected chi connectivity index (χ0v) is 32.7. The van der Waals surface area contributed by atoms with Crippen LogP contribution in [0.5, 0.6) is 0 Å². The van der Waals surface area contributed by atoms with Crippen LogP contribution in [0.2, 0.25) is 0 Å². The fraction of sp³-hybridized carbons (Fsp3) is 0.929. The Labute approximate surface area is 298 Å². The molecule has 0 spiro atoms. The van der Waals surface area contributed by atoms with Crippen LogP contribution < -0.4 is 5.32 Å². The van der Waals surface area contributed by atoms with Crippen molar-refractivity contribution in [2.24, 2.45) is 0 Å². The van der Waals surface area contributed by atoms with Crippen LogP contribution in [0.1, 0.15) is 201 Å². The van der Waals surface area contributed by atoms with Crippen LogP contribution in [0, 0.1) is 0 Å². The Kier molecular flexibility index (Phi) is 27.0. The van der Waals surface area contributed by atoms with Gasteiger partial charge in [0.25, 0.3) is 0 Å². The van der Waals surface area contributed by atoms with E-state index in [1.807, 2.05) is 0 Å². The smallest absolute Gasteiger partial charge is 0.247 e. The number of nitrogens with one attached hydrogen (secondary N) is 1. The number of likely N-dealkylation sites (N-methyl/N-ethyl adjacent to an activating group) is 1. The van der Waals surface area contributed by atoms with Gasteiger partial charge in [0.2, 0.25) is 5.91 Å². The maximum atomic E-state index is 12.9. The van der Waals surface area contributed by atoms with E-state index in [2.05, 4.69) is 40.1 Å². The Hall–Kier alpha value is -0.950. The van der Waals surface area contributed by atoms with Crippen molar-refractivity contribution in [3.63, 3.8) is 0 Å². The largest absolute Gasteiger partial charge is 0.390 e. The van der Waals surface area contributed by atoms with E-state index in [1.165, 1.54) is 173 Å². The van der Waals surface area contributed by atoms with Crippen LogP contribution in [-0.2, 0) is 4.79 Å². The Balaban J connectivity index is 2.49. The Morgan fingerprint density at radius 2 is 1.02 bits per heavy atom. The quantitative estimate of drug-likeness (QED) is 0.0421. The molecular formula is C42H83N2O4+. The number of unbranched alkanes of at least 4 members (excludes halogenated alkanes) is 22. The molecule has 0 bridgehead atoms. The van der Waals surface area contributed by atoms with Gasteiger partial charge in [-0.15, -0.1) is 0 Å². The fourth-order valence-electron chi connectivity index (χ4n) is 7.67. The summed E-state index contributed by atoms with van der Waals surface area (Å²) in [6.45, 7) is 10.8. The van der Waals surface area contributed by atoms with Crippen molar-refractivity contribution in [3.05, 3.63) is 11.6 Å². The van der Waals surface area contributed by atoms with E-state index in [0.29, 0.717) is 24.2 Å². The molecule has 2 unspecified atom stereocenters. The predicted molar refractivity (Wildman–Crippen MR) is 205 cm³/mol. The molecule has 1 aliphatic rings. The summed E-state index contributed by atoms with van der Waals surface area (Å²) in [5.41, 5.74) is 0.364. The molecule has 0 aromatic rings. The number of hydrogen-bond acceptors (Lipinski definition) is 4. The molecule has 48 heavy (non-hydrogen) atoms. The Morgan fingerprint density at radius 1 is 0.667 bits per heavy atom. The molecule has 5 atom stereocenters. The Bertz CT molecular complexity index is 769. The fourth-order valence-corrected chi connectivity index (χ4v) is 7.67. The van der Waals surface area contributed by atoms with Crippen molar-refractivity contribution >= 4 is 5.91 Å². The molecule has 0 radical (unpaired) electrons. The van der Waals surface area contributed by atoms with E-state index in [-0.39, 0.29) is 12.3 Å². The second-order valence-electron chi connectivity index (χ2n) is 15.8. The zero-order valence-electron chi connectivity index (χ0n) is 32.7. The maximum absolute atomic E-state index is 12.9. The minimum absolute atomic E-state index is 0.0703. The summed E-state index contributed by atoms with van der Waals surface area (Å²) in [6.07, 6.45) is 33.2. The van der Waals surface area contributed by atoms with Gasteiger partial charge in [-0.2, -0.15) is 0 Å². The molecule has 0 saturated heterocycles. The van der Waals surface area contributed by atoms with E-state index in [0.717, 1.165) is 11.0 Å². The van der Waals surface area contributed by atoms with E-state index in [4.69, 9.17) is 0 Å². The molecule has 0 aromatic heterocycles. The van der Waals surface area contributed by atoms with Gasteiger partial charge in [-0.25, -0.2) is 0 Å². The molecule has 0 heterocycles. The lowest BCUT2D eigenvalue weighted by Gasteiger charge is -2.45. The number of quaternary nitrogens is 1. The van der Waals surface area contributed by atoms with Crippen LogP contribution in [0.4, 0.5) is 0 Å². The summed E-state index contributed by atoms with van der Waals surface area (Å²) >= 11 is 0. The summed E-state index contributed by atoms with van der Waals surface area (Å²) in [5, 5.41) is 33.0. The van der Waals surface area contributed by atoms with Gasteiger partial charge in [-0.05, 0) is 45.6 Å². The first kappa shape index (κ1) is 45.1. The minimum Gasteiger partial charge on any atom is -0.390 e. The number of carbonyl (C=O) groups excluding carboxylic acids is 1. The lowest BCUT2D eigenvalue weighted by atomic mass is 9.92. The number of aliphatic hydroxyl groups excluding tert-OH is 3. The summed E-state index contributed by atoms with van der Waals surface area (Å²) < 4.78 is 0.958. The predicted octanol–water partition coefficient (Wildman–Crippen LogP) is 9.92. The first-order valence-electron chi connectivity index (χ1n) is 21.0. The van der Waals surface area contributed by atoms with E-state index in [1.54, 1.807) is 0 Å². The molecule has 6 heteroatoms. The summed E-state index contributed by atoms with van der Waals surface area (Å²) in [4.78, 5) is 12.9. The van der Waals surface area contributed by atoms with E-state index < -0.39 is 18.3 Å². The van der Waals surface area contributed by atoms with Gasteiger partial charge in [0.05, 0.1) is 38.3 Å². The van der Waals surface area contributed by atoms with Crippen molar-refractivity contribution in [2.75, 3.05) is 20.1 Å². The molecule has 0 saturated carbocycles. The second-order valence-corrected chi connectivity index (χ2v) is 15.8. The van der Waals surface area contributed by atoms with Crippen LogP contribution in [0.15, 0.2) is 11.6 Å². The highest BCUT2D eigenvalue weighted by molar-refractivity contribution is 5.93. The van der Waals surface area contributed by atoms with Crippen molar-refractivity contribution in [1.82, 2.24) is 5.32 Å². The first-order valence-corrected chi connectivity index (χ1v) is 21.0. The van der Waals surface area contributed by atoms with E-state index >= 15 is 0 Å². The molecule has 1 rings (SSSR count). The molecular weight excluding hydrogens is 596 g/mol. The topological polar surface area (TPSA) is 89.8 Å². The third-order valence-electron chi connectivity index (χ3n) is 11.7. The third-order valence-corrected chi connectivity index (χ3v) is 11.7. The second kappa shape index (κ2) is 28.7. The van der Waals surface area contributed by atoms with Gasteiger partial charge >= 0.3 is 0 Å². The summed E-state index contributed by atoms with van der Waals surface area (Å²) in [5.74, 6) is -0.242. The Morgan fingerprint density at radius 3 is 1.38 bits per heavy atom. The number of nitrogens with zero attached hydrogens (tertiary/aromatic N) is 1. The third kappa shape index (κ3) is 20.0.